The molecule has 1 fully saturated rings. The molecule has 0 amide bonds. The van der Waals surface area contributed by atoms with Gasteiger partial charge in [-0.2, -0.15) is 0 Å². The monoisotopic (exact) mass is 446 g/mol. The molecule has 0 aromatic heterocycles. The Labute approximate surface area is 191 Å². The summed E-state index contributed by atoms with van der Waals surface area (Å²) in [6.45, 7) is 5.30. The van der Waals surface area contributed by atoms with Crippen LogP contribution in [0.5, 0.6) is 17.2 Å². The van der Waals surface area contributed by atoms with Crippen LogP contribution in [0.25, 0.3) is 0 Å². The van der Waals surface area contributed by atoms with Gasteiger partial charge in [0.1, 0.15) is 5.75 Å². The third-order valence-electron chi connectivity index (χ3n) is 6.05. The van der Waals surface area contributed by atoms with E-state index in [4.69, 9.17) is 25.8 Å². The second kappa shape index (κ2) is 11.6. The van der Waals surface area contributed by atoms with Crippen molar-refractivity contribution in [2.24, 2.45) is 5.92 Å². The van der Waals surface area contributed by atoms with Crippen molar-refractivity contribution in [3.05, 3.63) is 52.5 Å². The summed E-state index contributed by atoms with van der Waals surface area (Å²) in [5, 5.41) is 0.637. The van der Waals surface area contributed by atoms with Crippen molar-refractivity contribution in [1.29, 1.82) is 0 Å². The lowest BCUT2D eigenvalue weighted by atomic mass is 9.97. The quantitative estimate of drug-likeness (QED) is 0.526. The molecule has 1 aliphatic heterocycles. The largest absolute Gasteiger partial charge is 0.497 e. The Morgan fingerprint density at radius 3 is 2.48 bits per heavy atom. The Kier molecular flexibility index (Phi) is 8.88. The zero-order chi connectivity index (χ0) is 22.2. The molecule has 0 N–H and O–H groups in total. The standard InChI is InChI=1S/C25H35ClN2O3/c1-27(18-21-9-12-23(30-3)25(31-4)24(21)26)16-20-6-5-14-28(17-20)15-13-19-7-10-22(29-2)11-8-19/h7-12,20H,5-6,13-18H2,1-4H3. The van der Waals surface area contributed by atoms with E-state index in [0.29, 0.717) is 22.4 Å². The molecule has 1 aliphatic rings. The zero-order valence-corrected chi connectivity index (χ0v) is 20.0. The van der Waals surface area contributed by atoms with Crippen LogP contribution in [0, 0.1) is 5.92 Å². The number of rotatable bonds is 10. The lowest BCUT2D eigenvalue weighted by Gasteiger charge is -2.35. The average molecular weight is 447 g/mol. The van der Waals surface area contributed by atoms with Gasteiger partial charge in [-0.1, -0.05) is 29.8 Å². The van der Waals surface area contributed by atoms with Gasteiger partial charge in [-0.15, -0.1) is 0 Å². The summed E-state index contributed by atoms with van der Waals surface area (Å²) in [5.74, 6) is 2.86. The molecular weight excluding hydrogens is 412 g/mol. The number of piperidine rings is 1. The zero-order valence-electron chi connectivity index (χ0n) is 19.2. The molecule has 0 radical (unpaired) electrons. The van der Waals surface area contributed by atoms with Crippen LogP contribution in [-0.4, -0.2) is 64.4 Å². The number of ether oxygens (including phenoxy) is 3. The van der Waals surface area contributed by atoms with Crippen molar-refractivity contribution in [2.75, 3.05) is 54.6 Å². The van der Waals surface area contributed by atoms with Crippen molar-refractivity contribution in [2.45, 2.75) is 25.8 Å². The summed E-state index contributed by atoms with van der Waals surface area (Å²) in [4.78, 5) is 4.97. The molecule has 1 heterocycles. The maximum absolute atomic E-state index is 6.57. The average Bonchev–Trinajstić information content (AvgIpc) is 2.79. The van der Waals surface area contributed by atoms with Gasteiger partial charge in [0.05, 0.1) is 26.4 Å². The van der Waals surface area contributed by atoms with Crippen LogP contribution >= 0.6 is 11.6 Å². The summed E-state index contributed by atoms with van der Waals surface area (Å²) in [6.07, 6.45) is 3.62. The van der Waals surface area contributed by atoms with Gasteiger partial charge in [0.15, 0.2) is 11.5 Å². The summed E-state index contributed by atoms with van der Waals surface area (Å²) in [7, 11) is 7.13. The first kappa shape index (κ1) is 23.7. The highest BCUT2D eigenvalue weighted by Crippen LogP contribution is 2.37. The normalized spacial score (nSPS) is 17.0. The topological polar surface area (TPSA) is 34.2 Å². The summed E-state index contributed by atoms with van der Waals surface area (Å²) in [5.41, 5.74) is 2.43. The van der Waals surface area contributed by atoms with E-state index < -0.39 is 0 Å². The van der Waals surface area contributed by atoms with E-state index in [1.165, 1.54) is 24.9 Å². The SMILES string of the molecule is COc1ccc(CCN2CCCC(CN(C)Cc3ccc(OC)c(OC)c3Cl)C2)cc1. The van der Waals surface area contributed by atoms with Crippen LogP contribution in [0.15, 0.2) is 36.4 Å². The van der Waals surface area contributed by atoms with Gasteiger partial charge in [-0.3, -0.25) is 0 Å². The molecule has 5 nitrogen and oxygen atoms in total. The predicted molar refractivity (Wildman–Crippen MR) is 127 cm³/mol. The molecule has 2 aromatic carbocycles. The van der Waals surface area contributed by atoms with Gasteiger partial charge in [0.25, 0.3) is 0 Å². The fourth-order valence-corrected chi connectivity index (χ4v) is 4.72. The minimum absolute atomic E-state index is 0.609. The highest BCUT2D eigenvalue weighted by Gasteiger charge is 2.22. The summed E-state index contributed by atoms with van der Waals surface area (Å²) >= 11 is 6.57. The predicted octanol–water partition coefficient (Wildman–Crippen LogP) is 4.75. The molecule has 0 spiro atoms. The first-order valence-electron chi connectivity index (χ1n) is 11.0. The lowest BCUT2D eigenvalue weighted by molar-refractivity contribution is 0.142. The molecule has 170 valence electrons. The van der Waals surface area contributed by atoms with Gasteiger partial charge in [0.2, 0.25) is 0 Å². The second-order valence-corrected chi connectivity index (χ2v) is 8.76. The van der Waals surface area contributed by atoms with Crippen LogP contribution in [0.2, 0.25) is 5.02 Å². The van der Waals surface area contributed by atoms with E-state index in [1.807, 2.05) is 24.3 Å². The maximum atomic E-state index is 6.57. The fraction of sp³-hybridized carbons (Fsp3) is 0.520. The van der Waals surface area contributed by atoms with Crippen LogP contribution in [0.1, 0.15) is 24.0 Å². The third kappa shape index (κ3) is 6.52. The Morgan fingerprint density at radius 1 is 1.03 bits per heavy atom. The number of benzene rings is 2. The molecular formula is C25H35ClN2O3. The van der Waals surface area contributed by atoms with E-state index in [2.05, 4.69) is 29.0 Å². The summed E-state index contributed by atoms with van der Waals surface area (Å²) < 4.78 is 16.0. The molecule has 2 aromatic rings. The second-order valence-electron chi connectivity index (χ2n) is 8.38. The first-order chi connectivity index (χ1) is 15.0. The van der Waals surface area contributed by atoms with E-state index in [1.54, 1.807) is 21.3 Å². The Bertz CT molecular complexity index is 828. The van der Waals surface area contributed by atoms with Crippen LogP contribution in [-0.2, 0) is 13.0 Å². The highest BCUT2D eigenvalue weighted by atomic mass is 35.5. The Morgan fingerprint density at radius 2 is 1.81 bits per heavy atom. The molecule has 1 unspecified atom stereocenters. The van der Waals surface area contributed by atoms with Gasteiger partial charge >= 0.3 is 0 Å². The van der Waals surface area contributed by atoms with Crippen LogP contribution < -0.4 is 14.2 Å². The number of hydrogen-bond donors (Lipinski definition) is 0. The number of hydrogen-bond acceptors (Lipinski definition) is 5. The Balaban J connectivity index is 1.50. The molecule has 6 heteroatoms. The minimum atomic E-state index is 0.609. The first-order valence-corrected chi connectivity index (χ1v) is 11.3. The molecule has 1 saturated heterocycles. The fourth-order valence-electron chi connectivity index (χ4n) is 4.43. The Hall–Kier alpha value is -1.95. The van der Waals surface area contributed by atoms with Crippen molar-refractivity contribution < 1.29 is 14.2 Å². The third-order valence-corrected chi connectivity index (χ3v) is 6.47. The van der Waals surface area contributed by atoms with Gasteiger partial charge in [-0.25, -0.2) is 0 Å². The number of nitrogens with zero attached hydrogens (tertiary/aromatic N) is 2. The van der Waals surface area contributed by atoms with Crippen molar-refractivity contribution in [1.82, 2.24) is 9.80 Å². The lowest BCUT2D eigenvalue weighted by Crippen LogP contribution is -2.40. The van der Waals surface area contributed by atoms with E-state index in [9.17, 15) is 0 Å². The molecule has 0 bridgehead atoms. The van der Waals surface area contributed by atoms with Gasteiger partial charge in [0, 0.05) is 26.2 Å². The van der Waals surface area contributed by atoms with Crippen LogP contribution in [0.3, 0.4) is 0 Å². The van der Waals surface area contributed by atoms with E-state index in [-0.39, 0.29) is 0 Å². The molecule has 0 aliphatic carbocycles. The van der Waals surface area contributed by atoms with Crippen molar-refractivity contribution >= 4 is 11.6 Å². The molecule has 0 saturated carbocycles. The van der Waals surface area contributed by atoms with Gasteiger partial charge in [-0.05, 0) is 68.1 Å². The minimum Gasteiger partial charge on any atom is -0.497 e. The highest BCUT2D eigenvalue weighted by molar-refractivity contribution is 6.33. The number of likely N-dealkylation sites (tertiary alicyclic amines) is 1. The van der Waals surface area contributed by atoms with Crippen molar-refractivity contribution in [3.63, 3.8) is 0 Å². The number of halogens is 1. The van der Waals surface area contributed by atoms with Crippen molar-refractivity contribution in [3.8, 4) is 17.2 Å². The molecule has 3 rings (SSSR count). The number of methoxy groups -OCH3 is 3. The molecule has 31 heavy (non-hydrogen) atoms. The summed E-state index contributed by atoms with van der Waals surface area (Å²) in [6, 6.07) is 12.4. The van der Waals surface area contributed by atoms with Crippen LogP contribution in [0.4, 0.5) is 0 Å². The van der Waals surface area contributed by atoms with Gasteiger partial charge < -0.3 is 24.0 Å². The smallest absolute Gasteiger partial charge is 0.179 e. The molecule has 1 atom stereocenters. The van der Waals surface area contributed by atoms with E-state index in [0.717, 1.165) is 43.9 Å². The van der Waals surface area contributed by atoms with E-state index >= 15 is 0 Å². The maximum Gasteiger partial charge on any atom is 0.179 e.